The number of carbonyl (C=O) groups excluding carboxylic acids is 4. The average molecular weight is 517 g/mol. The fraction of sp³-hybridized carbons (Fsp3) is 0.208. The number of thioether (sulfide) groups is 1. The van der Waals surface area contributed by atoms with E-state index in [1.54, 1.807) is 0 Å². The lowest BCUT2D eigenvalue weighted by molar-refractivity contribution is -0.127. The summed E-state index contributed by atoms with van der Waals surface area (Å²) in [5.74, 6) is -2.99. The SMILES string of the molecule is CCCCOC(=O)c1cc(NC(=O)CN2C(=O)S/C(=C\c3ccc(C(=O)O)cc3)C2=O)ccc1Cl. The molecule has 2 aromatic rings. The first-order chi connectivity index (χ1) is 16.7. The lowest BCUT2D eigenvalue weighted by atomic mass is 10.1. The number of hydrogen-bond acceptors (Lipinski definition) is 7. The third-order valence-electron chi connectivity index (χ3n) is 4.83. The van der Waals surface area contributed by atoms with Crippen LogP contribution in [-0.4, -0.2) is 52.2 Å². The second-order valence-electron chi connectivity index (χ2n) is 7.43. The fourth-order valence-corrected chi connectivity index (χ4v) is 4.03. The number of halogens is 1. The zero-order valence-corrected chi connectivity index (χ0v) is 20.1. The van der Waals surface area contributed by atoms with Gasteiger partial charge >= 0.3 is 11.9 Å². The second kappa shape index (κ2) is 11.7. The standard InChI is InChI=1S/C24H21ClN2O7S/c1-2-3-10-34-23(32)17-12-16(8-9-18(17)25)26-20(28)13-27-21(29)19(35-24(27)33)11-14-4-6-15(7-5-14)22(30)31/h4-9,11-12H,2-3,10,13H2,1H3,(H,26,28)(H,30,31)/b19-11-. The van der Waals surface area contributed by atoms with Gasteiger partial charge in [-0.1, -0.05) is 37.1 Å². The average Bonchev–Trinajstić information content (AvgIpc) is 3.08. The van der Waals surface area contributed by atoms with Crippen molar-refractivity contribution in [2.24, 2.45) is 0 Å². The van der Waals surface area contributed by atoms with Gasteiger partial charge in [-0.3, -0.25) is 19.3 Å². The lowest BCUT2D eigenvalue weighted by Gasteiger charge is -2.13. The first kappa shape index (κ1) is 26.0. The fourth-order valence-electron chi connectivity index (χ4n) is 3.00. The molecule has 11 heteroatoms. The quantitative estimate of drug-likeness (QED) is 0.279. The monoisotopic (exact) mass is 516 g/mol. The van der Waals surface area contributed by atoms with Crippen LogP contribution in [0, 0.1) is 0 Å². The van der Waals surface area contributed by atoms with Crippen molar-refractivity contribution in [2.45, 2.75) is 19.8 Å². The van der Waals surface area contributed by atoms with E-state index in [1.807, 2.05) is 6.92 Å². The number of carboxylic acid groups (broad SMARTS) is 1. The minimum atomic E-state index is -1.08. The number of anilines is 1. The Morgan fingerprint density at radius 1 is 1.14 bits per heavy atom. The number of imide groups is 1. The van der Waals surface area contributed by atoms with Crippen molar-refractivity contribution in [1.29, 1.82) is 0 Å². The number of ether oxygens (including phenoxy) is 1. The minimum absolute atomic E-state index is 0.0867. The summed E-state index contributed by atoms with van der Waals surface area (Å²) >= 11 is 6.75. The molecule has 3 amide bonds. The van der Waals surface area contributed by atoms with Gasteiger partial charge < -0.3 is 15.2 Å². The van der Waals surface area contributed by atoms with Crippen LogP contribution in [0.15, 0.2) is 47.4 Å². The highest BCUT2D eigenvalue weighted by atomic mass is 35.5. The molecule has 0 unspecified atom stereocenters. The number of nitrogens with zero attached hydrogens (tertiary/aromatic N) is 1. The molecule has 0 atom stereocenters. The Labute approximate surface area is 210 Å². The van der Waals surface area contributed by atoms with E-state index in [1.165, 1.54) is 48.5 Å². The number of hydrogen-bond donors (Lipinski definition) is 2. The van der Waals surface area contributed by atoms with E-state index in [-0.39, 0.29) is 33.3 Å². The smallest absolute Gasteiger partial charge is 0.339 e. The molecule has 0 aliphatic carbocycles. The lowest BCUT2D eigenvalue weighted by Crippen LogP contribution is -2.36. The zero-order chi connectivity index (χ0) is 25.5. The Morgan fingerprint density at radius 2 is 1.86 bits per heavy atom. The molecule has 2 aromatic carbocycles. The van der Waals surface area contributed by atoms with E-state index in [9.17, 15) is 24.0 Å². The molecular weight excluding hydrogens is 496 g/mol. The van der Waals surface area contributed by atoms with Crippen molar-refractivity contribution >= 4 is 64.1 Å². The maximum Gasteiger partial charge on any atom is 0.339 e. The summed E-state index contributed by atoms with van der Waals surface area (Å²) in [5.41, 5.74) is 0.961. The topological polar surface area (TPSA) is 130 Å². The van der Waals surface area contributed by atoms with Crippen LogP contribution >= 0.6 is 23.4 Å². The number of nitrogens with one attached hydrogen (secondary N) is 1. The van der Waals surface area contributed by atoms with Gasteiger partial charge in [0.05, 0.1) is 27.7 Å². The third-order valence-corrected chi connectivity index (χ3v) is 6.07. The number of benzene rings is 2. The maximum atomic E-state index is 12.7. The van der Waals surface area contributed by atoms with Crippen molar-refractivity contribution in [3.63, 3.8) is 0 Å². The molecule has 1 aliphatic rings. The predicted molar refractivity (Wildman–Crippen MR) is 131 cm³/mol. The first-order valence-electron chi connectivity index (χ1n) is 10.5. The number of amides is 3. The number of unbranched alkanes of at least 4 members (excludes halogenated alkanes) is 1. The molecule has 182 valence electrons. The summed E-state index contributed by atoms with van der Waals surface area (Å²) in [6.45, 7) is 1.68. The van der Waals surface area contributed by atoms with E-state index in [2.05, 4.69) is 5.32 Å². The Bertz CT molecular complexity index is 1210. The van der Waals surface area contributed by atoms with Crippen LogP contribution in [-0.2, 0) is 14.3 Å². The predicted octanol–water partition coefficient (Wildman–Crippen LogP) is 4.67. The Hall–Kier alpha value is -3.63. The highest BCUT2D eigenvalue weighted by Gasteiger charge is 2.36. The molecular formula is C24H21ClN2O7S. The van der Waals surface area contributed by atoms with Crippen molar-refractivity contribution in [3.05, 3.63) is 69.1 Å². The summed E-state index contributed by atoms with van der Waals surface area (Å²) < 4.78 is 5.15. The number of rotatable bonds is 9. The van der Waals surface area contributed by atoms with Crippen LogP contribution in [0.1, 0.15) is 46.0 Å². The van der Waals surface area contributed by atoms with E-state index < -0.39 is 35.5 Å². The van der Waals surface area contributed by atoms with Gasteiger partial charge in [0.1, 0.15) is 6.54 Å². The number of carboxylic acids is 1. The number of carbonyl (C=O) groups is 5. The molecule has 9 nitrogen and oxygen atoms in total. The van der Waals surface area contributed by atoms with Gasteiger partial charge in [0.15, 0.2) is 0 Å². The molecule has 35 heavy (non-hydrogen) atoms. The van der Waals surface area contributed by atoms with E-state index in [4.69, 9.17) is 21.4 Å². The van der Waals surface area contributed by atoms with E-state index in [0.717, 1.165) is 11.3 Å². The van der Waals surface area contributed by atoms with Crippen LogP contribution in [0.2, 0.25) is 5.02 Å². The molecule has 1 fully saturated rings. The van der Waals surface area contributed by atoms with Crippen molar-refractivity contribution in [1.82, 2.24) is 4.90 Å². The molecule has 1 aliphatic heterocycles. The third kappa shape index (κ3) is 6.71. The molecule has 0 bridgehead atoms. The van der Waals surface area contributed by atoms with Gasteiger partial charge in [0, 0.05) is 5.69 Å². The first-order valence-corrected chi connectivity index (χ1v) is 11.7. The Morgan fingerprint density at radius 3 is 2.51 bits per heavy atom. The van der Waals surface area contributed by atoms with Crippen LogP contribution < -0.4 is 5.32 Å². The molecule has 3 rings (SSSR count). The summed E-state index contributed by atoms with van der Waals surface area (Å²) in [6.07, 6.45) is 3.01. The number of esters is 1. The minimum Gasteiger partial charge on any atom is -0.478 e. The summed E-state index contributed by atoms with van der Waals surface area (Å²) in [4.78, 5) is 61.6. The van der Waals surface area contributed by atoms with Crippen LogP contribution in [0.3, 0.4) is 0 Å². The van der Waals surface area contributed by atoms with E-state index >= 15 is 0 Å². The van der Waals surface area contributed by atoms with Crippen LogP contribution in [0.5, 0.6) is 0 Å². The summed E-state index contributed by atoms with van der Waals surface area (Å²) in [6, 6.07) is 10.1. The van der Waals surface area contributed by atoms with Gasteiger partial charge in [-0.15, -0.1) is 0 Å². The van der Waals surface area contributed by atoms with Crippen molar-refractivity contribution < 1.29 is 33.8 Å². The molecule has 0 radical (unpaired) electrons. The van der Waals surface area contributed by atoms with Gasteiger partial charge in [0.25, 0.3) is 11.1 Å². The van der Waals surface area contributed by atoms with Gasteiger partial charge in [0.2, 0.25) is 5.91 Å². The highest BCUT2D eigenvalue weighted by molar-refractivity contribution is 8.18. The van der Waals surface area contributed by atoms with Gasteiger partial charge in [-0.25, -0.2) is 9.59 Å². The molecule has 1 saturated heterocycles. The van der Waals surface area contributed by atoms with Crippen molar-refractivity contribution in [2.75, 3.05) is 18.5 Å². The number of aromatic carboxylic acids is 1. The zero-order valence-electron chi connectivity index (χ0n) is 18.6. The normalized spacial score (nSPS) is 14.3. The molecule has 0 aromatic heterocycles. The Kier molecular flexibility index (Phi) is 8.67. The molecule has 1 heterocycles. The largest absolute Gasteiger partial charge is 0.478 e. The molecule has 0 spiro atoms. The highest BCUT2D eigenvalue weighted by Crippen LogP contribution is 2.32. The van der Waals surface area contributed by atoms with Crippen LogP contribution in [0.25, 0.3) is 6.08 Å². The van der Waals surface area contributed by atoms with E-state index in [0.29, 0.717) is 23.7 Å². The van der Waals surface area contributed by atoms with Crippen molar-refractivity contribution in [3.8, 4) is 0 Å². The van der Waals surface area contributed by atoms with Gasteiger partial charge in [-0.05, 0) is 60.2 Å². The maximum absolute atomic E-state index is 12.7. The summed E-state index contributed by atoms with van der Waals surface area (Å²) in [5, 5.41) is 11.1. The second-order valence-corrected chi connectivity index (χ2v) is 8.83. The van der Waals surface area contributed by atoms with Gasteiger partial charge in [-0.2, -0.15) is 0 Å². The van der Waals surface area contributed by atoms with Crippen LogP contribution in [0.4, 0.5) is 10.5 Å². The molecule has 2 N–H and O–H groups in total. The molecule has 0 saturated carbocycles. The Balaban J connectivity index is 1.65. The summed E-state index contributed by atoms with van der Waals surface area (Å²) in [7, 11) is 0.